The monoisotopic (exact) mass is 564 g/mol. The third kappa shape index (κ3) is 4.23. The van der Waals surface area contributed by atoms with Crippen LogP contribution in [0.3, 0.4) is 0 Å². The first kappa shape index (κ1) is 27.8. The molecule has 8 heteroatoms. The fourth-order valence-corrected chi connectivity index (χ4v) is 6.89. The Hall–Kier alpha value is -4.33. The fourth-order valence-electron chi connectivity index (χ4n) is 6.89. The number of methoxy groups -OCH3 is 1. The van der Waals surface area contributed by atoms with Crippen LogP contribution in [-0.4, -0.2) is 41.1 Å². The lowest BCUT2D eigenvalue weighted by Crippen LogP contribution is -2.12. The highest BCUT2D eigenvalue weighted by Crippen LogP contribution is 2.45. The van der Waals surface area contributed by atoms with E-state index in [-0.39, 0.29) is 35.8 Å². The van der Waals surface area contributed by atoms with Crippen molar-refractivity contribution >= 4 is 28.9 Å². The van der Waals surface area contributed by atoms with Crippen molar-refractivity contribution in [2.24, 2.45) is 26.8 Å². The predicted molar refractivity (Wildman–Crippen MR) is 164 cm³/mol. The van der Waals surface area contributed by atoms with Gasteiger partial charge >= 0.3 is 5.97 Å². The highest BCUT2D eigenvalue weighted by molar-refractivity contribution is 6.29. The molecule has 2 N–H and O–H groups in total. The van der Waals surface area contributed by atoms with Gasteiger partial charge in [0, 0.05) is 52.8 Å². The number of hydrogen-bond donors (Lipinski definition) is 2. The predicted octanol–water partition coefficient (Wildman–Crippen LogP) is 6.20. The average Bonchev–Trinajstić information content (AvgIpc) is 3.70. The summed E-state index contributed by atoms with van der Waals surface area (Å²) < 4.78 is 4.93. The molecule has 0 radical (unpaired) electrons. The second-order valence-corrected chi connectivity index (χ2v) is 11.7. The van der Waals surface area contributed by atoms with Crippen molar-refractivity contribution in [3.63, 3.8) is 0 Å². The summed E-state index contributed by atoms with van der Waals surface area (Å²) in [6, 6.07) is 0. The van der Waals surface area contributed by atoms with Gasteiger partial charge in [0.2, 0.25) is 0 Å². The number of nitrogens with one attached hydrogen (secondary N) is 1. The largest absolute Gasteiger partial charge is 0.511 e. The molecule has 6 aliphatic rings. The van der Waals surface area contributed by atoms with Crippen molar-refractivity contribution in [1.82, 2.24) is 5.32 Å². The summed E-state index contributed by atoms with van der Waals surface area (Å²) in [5, 5.41) is 14.8. The quantitative estimate of drug-likeness (QED) is 0.386. The average molecular weight is 565 g/mol. The van der Waals surface area contributed by atoms with Crippen LogP contribution in [0, 0.1) is 11.8 Å². The summed E-state index contributed by atoms with van der Waals surface area (Å²) >= 11 is 0. The SMILES string of the molecule is CC[C@H]1C2=CC3=C(C)C4=C(O)CC(=C5N=C(C=C6N=C(C=C(N2)[C@@H]1C)C(C(C)=O)=C6C)C(C)=C5CCC(=O)OC)C4=N3. The van der Waals surface area contributed by atoms with Gasteiger partial charge in [-0.15, -0.1) is 0 Å². The van der Waals surface area contributed by atoms with Gasteiger partial charge in [-0.2, -0.15) is 0 Å². The van der Waals surface area contributed by atoms with Crippen molar-refractivity contribution in [2.75, 3.05) is 7.11 Å². The van der Waals surface area contributed by atoms with E-state index in [4.69, 9.17) is 19.7 Å². The number of aliphatic imine (C=N–C) groups is 3. The molecule has 0 spiro atoms. The third-order valence-corrected chi connectivity index (χ3v) is 9.28. The van der Waals surface area contributed by atoms with E-state index in [0.29, 0.717) is 29.8 Å². The van der Waals surface area contributed by atoms with Crippen LogP contribution in [0.4, 0.5) is 0 Å². The Kier molecular flexibility index (Phi) is 6.75. The zero-order chi connectivity index (χ0) is 30.0. The van der Waals surface area contributed by atoms with E-state index in [0.717, 1.165) is 74.1 Å². The van der Waals surface area contributed by atoms with Gasteiger partial charge in [0.05, 0.1) is 41.3 Å². The molecule has 8 nitrogen and oxygen atoms in total. The van der Waals surface area contributed by atoms with E-state index in [1.54, 1.807) is 6.92 Å². The maximum atomic E-state index is 12.9. The van der Waals surface area contributed by atoms with Crippen LogP contribution in [-0.2, 0) is 14.3 Å². The molecule has 0 amide bonds. The highest BCUT2D eigenvalue weighted by atomic mass is 16.5. The van der Waals surface area contributed by atoms with Crippen LogP contribution < -0.4 is 5.32 Å². The number of esters is 1. The lowest BCUT2D eigenvalue weighted by atomic mass is 9.89. The van der Waals surface area contributed by atoms with Crippen LogP contribution in [0.1, 0.15) is 67.2 Å². The van der Waals surface area contributed by atoms with E-state index in [1.165, 1.54) is 7.11 Å². The first-order chi connectivity index (χ1) is 20.0. The van der Waals surface area contributed by atoms with Crippen LogP contribution in [0.15, 0.2) is 106 Å². The zero-order valence-electron chi connectivity index (χ0n) is 25.2. The molecule has 8 bridgehead atoms. The van der Waals surface area contributed by atoms with Gasteiger partial charge < -0.3 is 15.2 Å². The fraction of sp³-hybridized carbons (Fsp3) is 0.382. The zero-order valence-corrected chi connectivity index (χ0v) is 25.2. The Morgan fingerprint density at radius 3 is 2.48 bits per heavy atom. The van der Waals surface area contributed by atoms with Gasteiger partial charge in [0.25, 0.3) is 0 Å². The number of ether oxygens (including phenoxy) is 1. The maximum Gasteiger partial charge on any atom is 0.305 e. The summed E-state index contributed by atoms with van der Waals surface area (Å²) in [7, 11) is 1.39. The van der Waals surface area contributed by atoms with E-state index in [9.17, 15) is 14.7 Å². The molecular formula is C34H36N4O4. The van der Waals surface area contributed by atoms with Crippen molar-refractivity contribution in [2.45, 2.75) is 67.2 Å². The first-order valence-corrected chi connectivity index (χ1v) is 14.6. The number of nitrogens with zero attached hydrogens (tertiary/aromatic N) is 3. The Bertz CT molecular complexity index is 1730. The van der Waals surface area contributed by atoms with Crippen LogP contribution in [0.25, 0.3) is 0 Å². The molecule has 0 aromatic carbocycles. The van der Waals surface area contributed by atoms with Crippen molar-refractivity contribution in [3.8, 4) is 0 Å². The normalized spacial score (nSPS) is 24.6. The Labute approximate surface area is 246 Å². The second kappa shape index (κ2) is 10.2. The lowest BCUT2D eigenvalue weighted by Gasteiger charge is -2.13. The Balaban J connectivity index is 1.62. The molecule has 0 aromatic heterocycles. The Morgan fingerprint density at radius 2 is 1.79 bits per heavy atom. The standard InChI is InChI=1S/C34H36N4O4/c1-8-20-15(2)23-14-28-31(19(6)39)17(4)25(36-28)12-24-16(3)21(9-10-30(41)42-7)33(37-24)22-11-29(40)32-18(5)26(38-34(22)32)13-27(20)35-23/h12-15,20,35,40H,8-11H2,1-7H3/t15-,20-/m1/s1. The molecule has 5 heterocycles. The van der Waals surface area contributed by atoms with Gasteiger partial charge in [-0.25, -0.2) is 15.0 Å². The van der Waals surface area contributed by atoms with Gasteiger partial charge in [0.15, 0.2) is 5.78 Å². The van der Waals surface area contributed by atoms with Gasteiger partial charge in [0.1, 0.15) is 5.76 Å². The number of ketones is 1. The van der Waals surface area contributed by atoms with E-state index in [1.807, 2.05) is 32.9 Å². The molecule has 6 rings (SSSR count). The van der Waals surface area contributed by atoms with Gasteiger partial charge in [-0.1, -0.05) is 13.8 Å². The summed E-state index contributed by atoms with van der Waals surface area (Å²) in [4.78, 5) is 40.1. The van der Waals surface area contributed by atoms with E-state index >= 15 is 0 Å². The summed E-state index contributed by atoms with van der Waals surface area (Å²) in [5.41, 5.74) is 12.2. The molecule has 0 unspecified atom stereocenters. The number of rotatable bonds is 5. The molecule has 1 fully saturated rings. The number of allylic oxidation sites excluding steroid dienone is 12. The molecule has 42 heavy (non-hydrogen) atoms. The first-order valence-electron chi connectivity index (χ1n) is 14.6. The molecule has 0 saturated carbocycles. The number of fused-ring (bicyclic) bond motifs is 5. The van der Waals surface area contributed by atoms with E-state index < -0.39 is 0 Å². The molecule has 5 aliphatic heterocycles. The maximum absolute atomic E-state index is 12.9. The molecule has 216 valence electrons. The summed E-state index contributed by atoms with van der Waals surface area (Å²) in [5.74, 6) is 0.392. The number of carbonyl (C=O) groups is 2. The molecule has 2 atom stereocenters. The number of hydrogen-bond acceptors (Lipinski definition) is 8. The van der Waals surface area contributed by atoms with Crippen LogP contribution >= 0.6 is 0 Å². The molecular weight excluding hydrogens is 528 g/mol. The smallest absolute Gasteiger partial charge is 0.305 e. The van der Waals surface area contributed by atoms with Crippen LogP contribution in [0.5, 0.6) is 0 Å². The minimum Gasteiger partial charge on any atom is -0.511 e. The molecule has 1 aliphatic carbocycles. The number of aliphatic hydroxyl groups is 1. The topological polar surface area (TPSA) is 113 Å². The number of aliphatic hydroxyl groups excluding tert-OH is 1. The summed E-state index contributed by atoms with van der Waals surface area (Å²) in [6.45, 7) is 11.9. The summed E-state index contributed by atoms with van der Waals surface area (Å²) in [6.07, 6.45) is 7.93. The minimum atomic E-state index is -0.298. The molecule has 0 aromatic rings. The van der Waals surface area contributed by atoms with Crippen molar-refractivity contribution in [3.05, 3.63) is 91.5 Å². The second-order valence-electron chi connectivity index (χ2n) is 11.7. The van der Waals surface area contributed by atoms with Crippen molar-refractivity contribution in [1.29, 1.82) is 0 Å². The lowest BCUT2D eigenvalue weighted by molar-refractivity contribution is -0.140. The van der Waals surface area contributed by atoms with E-state index in [2.05, 4.69) is 25.2 Å². The van der Waals surface area contributed by atoms with Crippen LogP contribution in [0.2, 0.25) is 0 Å². The third-order valence-electron chi connectivity index (χ3n) is 9.28. The Morgan fingerprint density at radius 1 is 1.02 bits per heavy atom. The minimum absolute atomic E-state index is 0.0339. The number of carbonyl (C=O) groups excluding carboxylic acids is 2. The van der Waals surface area contributed by atoms with Gasteiger partial charge in [-0.05, 0) is 81.1 Å². The molecule has 1 saturated heterocycles. The van der Waals surface area contributed by atoms with Gasteiger partial charge in [-0.3, -0.25) is 9.59 Å². The van der Waals surface area contributed by atoms with Crippen molar-refractivity contribution < 1.29 is 19.4 Å². The number of Topliss-reactive ketones (excluding diaryl/α,β-unsaturated/α-hetero) is 1. The highest BCUT2D eigenvalue weighted by Gasteiger charge is 2.38.